The van der Waals surface area contributed by atoms with Crippen LogP contribution in [0.1, 0.15) is 33.2 Å². The number of benzene rings is 2. The lowest BCUT2D eigenvalue weighted by Gasteiger charge is -2.33. The second-order valence-electron chi connectivity index (χ2n) is 8.29. The summed E-state index contributed by atoms with van der Waals surface area (Å²) >= 11 is 0. The monoisotopic (exact) mass is 493 g/mol. The van der Waals surface area contributed by atoms with E-state index in [1.54, 1.807) is 36.4 Å². The smallest absolute Gasteiger partial charge is 0.326 e. The lowest BCUT2D eigenvalue weighted by Crippen LogP contribution is -2.66. The molecule has 0 bridgehead atoms. The van der Waals surface area contributed by atoms with Gasteiger partial charge >= 0.3 is 6.18 Å². The Morgan fingerprint density at radius 3 is 2.14 bits per heavy atom. The molecule has 0 aliphatic carbocycles. The number of hydrogen-bond acceptors (Lipinski definition) is 4. The number of carbonyl (C=O) groups is 3. The number of pyridine rings is 1. The van der Waals surface area contributed by atoms with Crippen molar-refractivity contribution >= 4 is 17.6 Å². The largest absolute Gasteiger partial charge is 0.425 e. The summed E-state index contributed by atoms with van der Waals surface area (Å²) in [6, 6.07) is 19.0. The molecule has 1 aromatic heterocycles. The van der Waals surface area contributed by atoms with Crippen LogP contribution in [0.3, 0.4) is 0 Å². The summed E-state index contributed by atoms with van der Waals surface area (Å²) in [6.07, 6.45) is -2.62. The predicted octanol–water partition coefficient (Wildman–Crippen LogP) is 4.35. The van der Waals surface area contributed by atoms with E-state index in [2.05, 4.69) is 4.98 Å². The maximum absolute atomic E-state index is 14.9. The normalized spacial score (nSPS) is 17.9. The molecule has 184 valence electrons. The highest BCUT2D eigenvalue weighted by Gasteiger charge is 2.70. The molecule has 6 nitrogen and oxygen atoms in total. The number of Topliss-reactive ketones (excluding diaryl/α,β-unsaturated/α-hetero) is 1. The third-order valence-corrected chi connectivity index (χ3v) is 6.09. The average molecular weight is 493 g/mol. The van der Waals surface area contributed by atoms with Gasteiger partial charge in [0.15, 0.2) is 5.78 Å². The van der Waals surface area contributed by atoms with Crippen molar-refractivity contribution < 1.29 is 27.6 Å². The van der Waals surface area contributed by atoms with Gasteiger partial charge in [0.25, 0.3) is 11.8 Å². The molecule has 9 heteroatoms. The van der Waals surface area contributed by atoms with Crippen molar-refractivity contribution in [2.45, 2.75) is 25.1 Å². The molecule has 0 radical (unpaired) electrons. The molecular weight excluding hydrogens is 471 g/mol. The predicted molar refractivity (Wildman–Crippen MR) is 126 cm³/mol. The number of aromatic nitrogens is 1. The molecule has 0 spiro atoms. The minimum atomic E-state index is -5.31. The summed E-state index contributed by atoms with van der Waals surface area (Å²) in [5, 5.41) is 1.88. The van der Waals surface area contributed by atoms with Crippen LogP contribution in [0.5, 0.6) is 0 Å². The second kappa shape index (κ2) is 9.77. The van der Waals surface area contributed by atoms with Gasteiger partial charge in [-0.2, -0.15) is 13.2 Å². The highest BCUT2D eigenvalue weighted by atomic mass is 19.4. The van der Waals surface area contributed by atoms with Crippen molar-refractivity contribution in [2.24, 2.45) is 0 Å². The highest BCUT2D eigenvalue weighted by Crippen LogP contribution is 2.46. The summed E-state index contributed by atoms with van der Waals surface area (Å²) in [5.41, 5.74) is -3.95. The van der Waals surface area contributed by atoms with Crippen LogP contribution >= 0.6 is 0 Å². The van der Waals surface area contributed by atoms with Crippen molar-refractivity contribution in [1.82, 2.24) is 15.2 Å². The maximum atomic E-state index is 14.9. The van der Waals surface area contributed by atoms with E-state index in [-0.39, 0.29) is 29.8 Å². The topological polar surface area (TPSA) is 79.4 Å². The Hall–Kier alpha value is -4.27. The van der Waals surface area contributed by atoms with E-state index >= 15 is 0 Å². The quantitative estimate of drug-likeness (QED) is 0.497. The van der Waals surface area contributed by atoms with Crippen molar-refractivity contribution in [3.63, 3.8) is 0 Å². The fraction of sp³-hybridized carbons (Fsp3) is 0.185. The van der Waals surface area contributed by atoms with Crippen LogP contribution < -0.4 is 5.32 Å². The first-order valence-corrected chi connectivity index (χ1v) is 11.1. The first kappa shape index (κ1) is 24.8. The molecule has 1 aliphatic heterocycles. The average Bonchev–Trinajstić information content (AvgIpc) is 3.10. The minimum Gasteiger partial charge on any atom is -0.326 e. The number of halogens is 3. The molecule has 1 N–H and O–H groups in total. The Balaban J connectivity index is 1.83. The minimum absolute atomic E-state index is 0.0335. The van der Waals surface area contributed by atoms with Gasteiger partial charge in [-0.15, -0.1) is 0 Å². The Labute approximate surface area is 205 Å². The van der Waals surface area contributed by atoms with Crippen LogP contribution in [-0.2, 0) is 11.2 Å². The van der Waals surface area contributed by atoms with E-state index in [0.717, 1.165) is 16.7 Å². The number of allylic oxidation sites excluding steroid dienone is 1. The van der Waals surface area contributed by atoms with E-state index in [1.165, 1.54) is 49.5 Å². The molecule has 0 fully saturated rings. The van der Waals surface area contributed by atoms with Crippen molar-refractivity contribution in [3.8, 4) is 0 Å². The third-order valence-electron chi connectivity index (χ3n) is 6.09. The molecule has 0 saturated heterocycles. The Kier molecular flexibility index (Phi) is 6.74. The van der Waals surface area contributed by atoms with Gasteiger partial charge in [-0.05, 0) is 31.0 Å². The van der Waals surface area contributed by atoms with Crippen LogP contribution in [0.2, 0.25) is 0 Å². The molecule has 1 atom stereocenters. The molecule has 1 unspecified atom stereocenters. The van der Waals surface area contributed by atoms with Crippen LogP contribution in [0.25, 0.3) is 0 Å². The van der Waals surface area contributed by atoms with Crippen molar-refractivity contribution in [3.05, 3.63) is 113 Å². The van der Waals surface area contributed by atoms with Gasteiger partial charge in [0.05, 0.1) is 11.1 Å². The fourth-order valence-corrected chi connectivity index (χ4v) is 4.28. The van der Waals surface area contributed by atoms with Gasteiger partial charge < -0.3 is 10.2 Å². The molecule has 2 heterocycles. The molecule has 4 rings (SSSR count). The third kappa shape index (κ3) is 4.39. The van der Waals surface area contributed by atoms with Gasteiger partial charge in [-0.1, -0.05) is 60.7 Å². The Morgan fingerprint density at radius 1 is 0.944 bits per heavy atom. The summed E-state index contributed by atoms with van der Waals surface area (Å²) in [4.78, 5) is 44.7. The summed E-state index contributed by atoms with van der Waals surface area (Å²) in [7, 11) is 0. The fourth-order valence-electron chi connectivity index (χ4n) is 4.28. The van der Waals surface area contributed by atoms with Crippen LogP contribution in [-0.4, -0.2) is 45.7 Å². The number of ketones is 1. The van der Waals surface area contributed by atoms with Gasteiger partial charge in [0.2, 0.25) is 5.54 Å². The first-order valence-electron chi connectivity index (χ1n) is 11.1. The number of amides is 2. The van der Waals surface area contributed by atoms with E-state index in [9.17, 15) is 27.6 Å². The Morgan fingerprint density at radius 2 is 1.56 bits per heavy atom. The van der Waals surface area contributed by atoms with Crippen LogP contribution in [0.4, 0.5) is 13.2 Å². The number of rotatable bonds is 7. The molecule has 2 aromatic carbocycles. The lowest BCUT2D eigenvalue weighted by atomic mass is 9.84. The van der Waals surface area contributed by atoms with E-state index in [1.807, 2.05) is 5.32 Å². The van der Waals surface area contributed by atoms with Crippen molar-refractivity contribution in [2.75, 3.05) is 6.54 Å². The number of nitrogens with zero attached hydrogens (tertiary/aromatic N) is 2. The zero-order chi connectivity index (χ0) is 25.9. The standard InChI is InChI=1S/C27H22F3N3O3/c1-18-22(23(34)20-11-6-3-7-12-20)26(27(28,29)30,32-24(35)21-13-8-15-31-17-21)25(36)33(18)16-14-19-9-4-2-5-10-19/h2-13,15,17H,14,16H2,1H3,(H,32,35). The molecule has 1 aliphatic rings. The van der Waals surface area contributed by atoms with Gasteiger partial charge in [0, 0.05) is 30.2 Å². The van der Waals surface area contributed by atoms with Gasteiger partial charge in [0.1, 0.15) is 0 Å². The second-order valence-corrected chi connectivity index (χ2v) is 8.29. The Bertz CT molecular complexity index is 1310. The summed E-state index contributed by atoms with van der Waals surface area (Å²) < 4.78 is 44.7. The molecule has 0 saturated carbocycles. The van der Waals surface area contributed by atoms with Gasteiger partial charge in [-0.25, -0.2) is 0 Å². The van der Waals surface area contributed by atoms with E-state index in [0.29, 0.717) is 0 Å². The summed E-state index contributed by atoms with van der Waals surface area (Å²) in [5.74, 6) is -3.60. The van der Waals surface area contributed by atoms with Crippen LogP contribution in [0.15, 0.2) is 96.5 Å². The number of carbonyl (C=O) groups excluding carboxylic acids is 3. The number of hydrogen-bond donors (Lipinski definition) is 1. The van der Waals surface area contributed by atoms with Crippen molar-refractivity contribution in [1.29, 1.82) is 0 Å². The SMILES string of the molecule is CC1=C(C(=O)c2ccccc2)C(NC(=O)c2cccnc2)(C(F)(F)F)C(=O)N1CCc1ccccc1. The van der Waals surface area contributed by atoms with E-state index in [4.69, 9.17) is 0 Å². The number of alkyl halides is 3. The molecular formula is C27H22F3N3O3. The van der Waals surface area contributed by atoms with E-state index < -0.39 is 34.9 Å². The first-order chi connectivity index (χ1) is 17.2. The van der Waals surface area contributed by atoms with Crippen LogP contribution in [0, 0.1) is 0 Å². The molecule has 3 aromatic rings. The highest BCUT2D eigenvalue weighted by molar-refractivity contribution is 6.19. The molecule has 2 amide bonds. The maximum Gasteiger partial charge on any atom is 0.425 e. The van der Waals surface area contributed by atoms with Gasteiger partial charge in [-0.3, -0.25) is 19.4 Å². The zero-order valence-electron chi connectivity index (χ0n) is 19.3. The zero-order valence-corrected chi connectivity index (χ0v) is 19.3. The summed E-state index contributed by atoms with van der Waals surface area (Å²) in [6.45, 7) is 1.18. The lowest BCUT2D eigenvalue weighted by molar-refractivity contribution is -0.189. The number of nitrogens with one attached hydrogen (secondary N) is 1. The molecule has 36 heavy (non-hydrogen) atoms.